The van der Waals surface area contributed by atoms with Gasteiger partial charge in [0.15, 0.2) is 0 Å². The van der Waals surface area contributed by atoms with Crippen molar-refractivity contribution in [3.63, 3.8) is 0 Å². The maximum absolute atomic E-state index is 5.90. The van der Waals surface area contributed by atoms with E-state index in [-0.39, 0.29) is 0 Å². The number of hydrogen-bond donors (Lipinski definition) is 1. The van der Waals surface area contributed by atoms with Crippen LogP contribution >= 0.6 is 11.6 Å². The smallest absolute Gasteiger partial charge is 0.355 e. The van der Waals surface area contributed by atoms with Crippen LogP contribution in [0.3, 0.4) is 0 Å². The van der Waals surface area contributed by atoms with Crippen LogP contribution in [0.2, 0.25) is 12.6 Å². The summed E-state index contributed by atoms with van der Waals surface area (Å²) in [7, 11) is -1.98. The van der Waals surface area contributed by atoms with Crippen molar-refractivity contribution in [1.82, 2.24) is 5.48 Å². The summed E-state index contributed by atoms with van der Waals surface area (Å²) in [4.78, 5) is 0. The van der Waals surface area contributed by atoms with E-state index in [1.165, 1.54) is 6.42 Å². The molecule has 1 aliphatic heterocycles. The molecule has 0 saturated carbocycles. The average molecular weight is 252 g/mol. The van der Waals surface area contributed by atoms with Crippen LogP contribution in [-0.2, 0) is 8.95 Å². The number of hydroxylamine groups is 1. The van der Waals surface area contributed by atoms with E-state index in [1.54, 1.807) is 0 Å². The molecule has 2 unspecified atom stereocenters. The highest BCUT2D eigenvalue weighted by Gasteiger charge is 2.33. The van der Waals surface area contributed by atoms with Crippen molar-refractivity contribution in [2.24, 2.45) is 5.92 Å². The third-order valence-corrected chi connectivity index (χ3v) is 5.86. The first-order valence-corrected chi connectivity index (χ1v) is 8.87. The number of halogens is 1. The van der Waals surface area contributed by atoms with Gasteiger partial charge in [-0.1, -0.05) is 13.3 Å². The first kappa shape index (κ1) is 13.5. The number of alkyl halides is 1. The van der Waals surface area contributed by atoms with Crippen LogP contribution in [0, 0.1) is 5.92 Å². The van der Waals surface area contributed by atoms with E-state index in [0.29, 0.717) is 11.8 Å². The lowest BCUT2D eigenvalue weighted by molar-refractivity contribution is 0.0691. The van der Waals surface area contributed by atoms with Gasteiger partial charge in [0.1, 0.15) is 0 Å². The summed E-state index contributed by atoms with van der Waals surface area (Å²) >= 11 is 5.69. The Morgan fingerprint density at radius 2 is 2.33 bits per heavy atom. The summed E-state index contributed by atoms with van der Waals surface area (Å²) < 4.78 is 11.6. The largest absolute Gasteiger partial charge is 0.394 e. The quantitative estimate of drug-likeness (QED) is 0.616. The van der Waals surface area contributed by atoms with Crippen molar-refractivity contribution in [2.75, 3.05) is 19.0 Å². The summed E-state index contributed by atoms with van der Waals surface area (Å²) in [6.07, 6.45) is 3.29. The topological polar surface area (TPSA) is 30.5 Å². The van der Waals surface area contributed by atoms with Crippen molar-refractivity contribution < 1.29 is 8.95 Å². The molecule has 0 spiro atoms. The van der Waals surface area contributed by atoms with E-state index in [0.717, 1.165) is 32.0 Å². The Morgan fingerprint density at radius 1 is 1.53 bits per heavy atom. The summed E-state index contributed by atoms with van der Waals surface area (Å²) in [5.74, 6) is 1.36. The van der Waals surface area contributed by atoms with Crippen molar-refractivity contribution in [3.05, 3.63) is 0 Å². The van der Waals surface area contributed by atoms with Gasteiger partial charge in [-0.15, -0.1) is 11.6 Å². The van der Waals surface area contributed by atoms with Gasteiger partial charge in [-0.25, -0.2) is 5.48 Å². The van der Waals surface area contributed by atoms with Gasteiger partial charge < -0.3 is 8.95 Å². The van der Waals surface area contributed by atoms with Crippen molar-refractivity contribution in [1.29, 1.82) is 0 Å². The van der Waals surface area contributed by atoms with Crippen molar-refractivity contribution >= 4 is 20.2 Å². The summed E-state index contributed by atoms with van der Waals surface area (Å²) in [6.45, 7) is 6.10. The van der Waals surface area contributed by atoms with E-state index in [9.17, 15) is 0 Å². The fraction of sp³-hybridized carbons (Fsp3) is 1.00. The molecular weight excluding hydrogens is 230 g/mol. The van der Waals surface area contributed by atoms with Gasteiger partial charge in [-0.05, 0) is 31.4 Å². The first-order valence-electron chi connectivity index (χ1n) is 5.81. The van der Waals surface area contributed by atoms with Crippen LogP contribution in [0.4, 0.5) is 0 Å². The molecule has 0 amide bonds. The van der Waals surface area contributed by atoms with E-state index >= 15 is 0 Å². The van der Waals surface area contributed by atoms with E-state index < -0.39 is 8.56 Å². The lowest BCUT2D eigenvalue weighted by Gasteiger charge is -2.31. The van der Waals surface area contributed by atoms with E-state index in [4.69, 9.17) is 20.6 Å². The molecule has 1 aliphatic rings. The van der Waals surface area contributed by atoms with Gasteiger partial charge in [0.05, 0.1) is 0 Å². The molecule has 15 heavy (non-hydrogen) atoms. The minimum Gasteiger partial charge on any atom is -0.394 e. The maximum Gasteiger partial charge on any atom is 0.355 e. The molecule has 0 bridgehead atoms. The Kier molecular flexibility index (Phi) is 6.15. The Labute approximate surface area is 98.7 Å². The number of hydrogen-bond acceptors (Lipinski definition) is 3. The van der Waals surface area contributed by atoms with Crippen LogP contribution in [-0.4, -0.2) is 27.6 Å². The van der Waals surface area contributed by atoms with Crippen molar-refractivity contribution in [3.8, 4) is 0 Å². The molecule has 0 aromatic rings. The second-order valence-corrected chi connectivity index (χ2v) is 7.93. The maximum atomic E-state index is 5.90. The Morgan fingerprint density at radius 3 is 3.00 bits per heavy atom. The standard InChI is InChI=1S/C10H22ClNO2Si/c1-3-10-5-7-13-15(2,8-4-6-11)14-12-9-10/h10,12H,3-9H2,1-2H3. The Bertz CT molecular complexity index is 173. The molecular formula is C10H22ClNO2Si. The van der Waals surface area contributed by atoms with Gasteiger partial charge >= 0.3 is 8.56 Å². The molecule has 1 rings (SSSR count). The van der Waals surface area contributed by atoms with Gasteiger partial charge in [0.2, 0.25) is 0 Å². The molecule has 0 aromatic heterocycles. The van der Waals surface area contributed by atoms with E-state index in [1.807, 2.05) is 0 Å². The first-order chi connectivity index (χ1) is 7.20. The fourth-order valence-corrected chi connectivity index (χ4v) is 4.17. The SMILES string of the molecule is CCC1CCO[Si](C)(CCCCl)ONC1. The third-order valence-electron chi connectivity index (χ3n) is 2.94. The summed E-state index contributed by atoms with van der Waals surface area (Å²) in [5.41, 5.74) is 3.08. The highest BCUT2D eigenvalue weighted by Crippen LogP contribution is 2.19. The third kappa shape index (κ3) is 4.83. The normalized spacial score (nSPS) is 33.4. The van der Waals surface area contributed by atoms with Crippen LogP contribution < -0.4 is 5.48 Å². The van der Waals surface area contributed by atoms with Gasteiger partial charge in [-0.3, -0.25) is 0 Å². The molecule has 90 valence electrons. The summed E-state index contributed by atoms with van der Waals surface area (Å²) in [5, 5.41) is 0. The van der Waals surface area contributed by atoms with Gasteiger partial charge in [-0.2, -0.15) is 0 Å². The zero-order valence-electron chi connectivity index (χ0n) is 9.72. The zero-order valence-corrected chi connectivity index (χ0v) is 11.5. The second kappa shape index (κ2) is 6.86. The molecule has 2 atom stereocenters. The van der Waals surface area contributed by atoms with Crippen LogP contribution in [0.1, 0.15) is 26.2 Å². The molecule has 0 radical (unpaired) electrons. The molecule has 1 heterocycles. The highest BCUT2D eigenvalue weighted by molar-refractivity contribution is 6.65. The average Bonchev–Trinajstić information content (AvgIpc) is 2.21. The lowest BCUT2D eigenvalue weighted by atomic mass is 10.0. The molecule has 1 saturated heterocycles. The molecule has 5 heteroatoms. The molecule has 1 fully saturated rings. The second-order valence-electron chi connectivity index (χ2n) is 4.29. The molecule has 0 aromatic carbocycles. The monoisotopic (exact) mass is 251 g/mol. The van der Waals surface area contributed by atoms with E-state index in [2.05, 4.69) is 19.0 Å². The van der Waals surface area contributed by atoms with Crippen LogP contribution in [0.15, 0.2) is 0 Å². The molecule has 3 nitrogen and oxygen atoms in total. The minimum atomic E-state index is -1.98. The molecule has 0 aliphatic carbocycles. The van der Waals surface area contributed by atoms with Gasteiger partial charge in [0, 0.05) is 19.0 Å². The van der Waals surface area contributed by atoms with Crippen LogP contribution in [0.5, 0.6) is 0 Å². The minimum absolute atomic E-state index is 0.677. The fourth-order valence-electron chi connectivity index (χ4n) is 1.74. The highest BCUT2D eigenvalue weighted by atomic mass is 35.5. The summed E-state index contributed by atoms with van der Waals surface area (Å²) in [6, 6.07) is 0.973. The zero-order chi connectivity index (χ0) is 11.1. The number of rotatable bonds is 4. The Balaban J connectivity index is 2.36. The van der Waals surface area contributed by atoms with Crippen molar-refractivity contribution in [2.45, 2.75) is 38.8 Å². The number of nitrogens with one attached hydrogen (secondary N) is 1. The lowest BCUT2D eigenvalue weighted by Crippen LogP contribution is -2.47. The van der Waals surface area contributed by atoms with Gasteiger partial charge in [0.25, 0.3) is 0 Å². The predicted octanol–water partition coefficient (Wildman–Crippen LogP) is 2.66. The van der Waals surface area contributed by atoms with Crippen LogP contribution in [0.25, 0.3) is 0 Å². The molecule has 1 N–H and O–H groups in total. The predicted molar refractivity (Wildman–Crippen MR) is 65.2 cm³/mol. The Hall–Kier alpha value is 0.387.